The van der Waals surface area contributed by atoms with E-state index in [1.807, 2.05) is 0 Å². The van der Waals surface area contributed by atoms with Crippen LogP contribution in [-0.4, -0.2) is 16.5 Å². The molecule has 104 valence electrons. The Kier molecular flexibility index (Phi) is 3.17. The minimum absolute atomic E-state index is 0.199. The summed E-state index contributed by atoms with van der Waals surface area (Å²) in [5, 5.41) is 3.27. The van der Waals surface area contributed by atoms with E-state index >= 15 is 0 Å². The summed E-state index contributed by atoms with van der Waals surface area (Å²) in [5.74, 6) is 0. The number of halogens is 3. The van der Waals surface area contributed by atoms with Gasteiger partial charge in [0.15, 0.2) is 0 Å². The first-order chi connectivity index (χ1) is 9.55. The maximum Gasteiger partial charge on any atom is 0.416 e. The van der Waals surface area contributed by atoms with Crippen LogP contribution in [-0.2, 0) is 12.6 Å². The van der Waals surface area contributed by atoms with Gasteiger partial charge in [-0.15, -0.1) is 0 Å². The molecule has 0 spiro atoms. The van der Waals surface area contributed by atoms with Gasteiger partial charge < -0.3 is 5.32 Å². The second-order valence-electron chi connectivity index (χ2n) is 4.65. The SMILES string of the molecule is FC(F)(F)c1ccc([C@H]2NCCc3nccnc32)cc1. The van der Waals surface area contributed by atoms with Crippen LogP contribution >= 0.6 is 0 Å². The molecule has 6 heteroatoms. The lowest BCUT2D eigenvalue weighted by Gasteiger charge is -2.25. The molecule has 1 aliphatic rings. The van der Waals surface area contributed by atoms with Gasteiger partial charge in [0, 0.05) is 25.4 Å². The molecule has 1 N–H and O–H groups in total. The molecule has 1 aliphatic heterocycles. The van der Waals surface area contributed by atoms with E-state index in [2.05, 4.69) is 15.3 Å². The van der Waals surface area contributed by atoms with E-state index in [1.165, 1.54) is 12.1 Å². The molecular formula is C14H12F3N3. The van der Waals surface area contributed by atoms with Crippen LogP contribution in [0.15, 0.2) is 36.7 Å². The third-order valence-corrected chi connectivity index (χ3v) is 3.36. The van der Waals surface area contributed by atoms with Crippen LogP contribution in [0.4, 0.5) is 13.2 Å². The maximum absolute atomic E-state index is 12.6. The number of fused-ring (bicyclic) bond motifs is 1. The Hall–Kier alpha value is -1.95. The van der Waals surface area contributed by atoms with Gasteiger partial charge in [-0.05, 0) is 17.7 Å². The molecule has 0 bridgehead atoms. The molecule has 20 heavy (non-hydrogen) atoms. The Labute approximate surface area is 113 Å². The van der Waals surface area contributed by atoms with Crippen molar-refractivity contribution in [2.75, 3.05) is 6.54 Å². The van der Waals surface area contributed by atoms with Gasteiger partial charge in [0.25, 0.3) is 0 Å². The standard InChI is InChI=1S/C14H12F3N3/c15-14(16,17)10-3-1-9(2-4-10)12-13-11(5-6-19-12)18-7-8-20-13/h1-4,7-8,12,19H,5-6H2/t12-/m1/s1. The monoisotopic (exact) mass is 279 g/mol. The predicted octanol–water partition coefficient (Wildman–Crippen LogP) is 2.73. The molecule has 3 nitrogen and oxygen atoms in total. The van der Waals surface area contributed by atoms with Crippen LogP contribution in [0.2, 0.25) is 0 Å². The van der Waals surface area contributed by atoms with E-state index in [9.17, 15) is 13.2 Å². The molecule has 1 atom stereocenters. The first-order valence-electron chi connectivity index (χ1n) is 6.26. The van der Waals surface area contributed by atoms with E-state index < -0.39 is 11.7 Å². The van der Waals surface area contributed by atoms with Crippen LogP contribution < -0.4 is 5.32 Å². The summed E-state index contributed by atoms with van der Waals surface area (Å²) in [5.41, 5.74) is 1.81. The van der Waals surface area contributed by atoms with Crippen molar-refractivity contribution in [1.29, 1.82) is 0 Å². The van der Waals surface area contributed by atoms with Gasteiger partial charge in [-0.1, -0.05) is 12.1 Å². The number of hydrogen-bond acceptors (Lipinski definition) is 3. The van der Waals surface area contributed by atoms with Gasteiger partial charge in [-0.25, -0.2) is 0 Å². The lowest BCUT2D eigenvalue weighted by molar-refractivity contribution is -0.137. The zero-order chi connectivity index (χ0) is 14.2. The fraction of sp³-hybridized carbons (Fsp3) is 0.286. The summed E-state index contributed by atoms with van der Waals surface area (Å²) in [6.45, 7) is 0.734. The normalized spacial score (nSPS) is 18.6. The van der Waals surface area contributed by atoms with E-state index in [4.69, 9.17) is 0 Å². The molecule has 2 heterocycles. The predicted molar refractivity (Wildman–Crippen MR) is 67.0 cm³/mol. The van der Waals surface area contributed by atoms with Gasteiger partial charge in [0.1, 0.15) is 0 Å². The minimum Gasteiger partial charge on any atom is -0.305 e. The van der Waals surface area contributed by atoms with Gasteiger partial charge in [-0.3, -0.25) is 9.97 Å². The van der Waals surface area contributed by atoms with Crippen molar-refractivity contribution in [3.05, 3.63) is 59.2 Å². The summed E-state index contributed by atoms with van der Waals surface area (Å²) >= 11 is 0. The van der Waals surface area contributed by atoms with Crippen molar-refractivity contribution in [3.8, 4) is 0 Å². The van der Waals surface area contributed by atoms with Crippen molar-refractivity contribution < 1.29 is 13.2 Å². The van der Waals surface area contributed by atoms with E-state index in [-0.39, 0.29) is 6.04 Å². The number of benzene rings is 1. The first-order valence-corrected chi connectivity index (χ1v) is 6.26. The second-order valence-corrected chi connectivity index (χ2v) is 4.65. The molecule has 0 saturated carbocycles. The van der Waals surface area contributed by atoms with E-state index in [1.54, 1.807) is 12.4 Å². The Morgan fingerprint density at radius 3 is 2.45 bits per heavy atom. The summed E-state index contributed by atoms with van der Waals surface area (Å²) in [4.78, 5) is 8.57. The first kappa shape index (κ1) is 13.1. The molecule has 0 unspecified atom stereocenters. The Morgan fingerprint density at radius 2 is 1.75 bits per heavy atom. The van der Waals surface area contributed by atoms with E-state index in [0.717, 1.165) is 42.0 Å². The number of nitrogens with one attached hydrogen (secondary N) is 1. The van der Waals surface area contributed by atoms with Crippen LogP contribution in [0.3, 0.4) is 0 Å². The lowest BCUT2D eigenvalue weighted by atomic mass is 9.96. The lowest BCUT2D eigenvalue weighted by Crippen LogP contribution is -2.32. The summed E-state index contributed by atoms with van der Waals surface area (Å²) in [7, 11) is 0. The Morgan fingerprint density at radius 1 is 1.05 bits per heavy atom. The number of aromatic nitrogens is 2. The average Bonchev–Trinajstić information content (AvgIpc) is 2.46. The highest BCUT2D eigenvalue weighted by molar-refractivity contribution is 5.34. The molecule has 0 radical (unpaired) electrons. The average molecular weight is 279 g/mol. The third kappa shape index (κ3) is 2.38. The van der Waals surface area contributed by atoms with Gasteiger partial charge in [0.2, 0.25) is 0 Å². The summed E-state index contributed by atoms with van der Waals surface area (Å²) < 4.78 is 37.7. The number of rotatable bonds is 1. The van der Waals surface area contributed by atoms with Gasteiger partial charge in [-0.2, -0.15) is 13.2 Å². The smallest absolute Gasteiger partial charge is 0.305 e. The quantitative estimate of drug-likeness (QED) is 0.872. The van der Waals surface area contributed by atoms with Crippen molar-refractivity contribution in [2.45, 2.75) is 18.6 Å². The van der Waals surface area contributed by atoms with Gasteiger partial charge >= 0.3 is 6.18 Å². The molecule has 0 amide bonds. The largest absolute Gasteiger partial charge is 0.416 e. The third-order valence-electron chi connectivity index (χ3n) is 3.36. The number of nitrogens with zero attached hydrogens (tertiary/aromatic N) is 2. The number of hydrogen-bond donors (Lipinski definition) is 1. The molecule has 1 aromatic heterocycles. The Bertz CT molecular complexity index is 608. The zero-order valence-corrected chi connectivity index (χ0v) is 10.5. The Balaban J connectivity index is 1.95. The second kappa shape index (κ2) is 4.86. The van der Waals surface area contributed by atoms with Crippen LogP contribution in [0, 0.1) is 0 Å². The van der Waals surface area contributed by atoms with Gasteiger partial charge in [0.05, 0.1) is 23.0 Å². The molecule has 3 rings (SSSR count). The highest BCUT2D eigenvalue weighted by Crippen LogP contribution is 2.31. The maximum atomic E-state index is 12.6. The van der Waals surface area contributed by atoms with Crippen molar-refractivity contribution in [2.24, 2.45) is 0 Å². The molecule has 0 fully saturated rings. The van der Waals surface area contributed by atoms with Crippen LogP contribution in [0.5, 0.6) is 0 Å². The molecule has 0 aliphatic carbocycles. The highest BCUT2D eigenvalue weighted by atomic mass is 19.4. The highest BCUT2D eigenvalue weighted by Gasteiger charge is 2.31. The fourth-order valence-electron chi connectivity index (χ4n) is 2.38. The molecule has 2 aromatic rings. The summed E-state index contributed by atoms with van der Waals surface area (Å²) in [6.07, 6.45) is -0.298. The van der Waals surface area contributed by atoms with Crippen molar-refractivity contribution >= 4 is 0 Å². The molecular weight excluding hydrogens is 267 g/mol. The topological polar surface area (TPSA) is 37.8 Å². The summed E-state index contributed by atoms with van der Waals surface area (Å²) in [6, 6.07) is 4.98. The molecule has 0 saturated heterocycles. The number of alkyl halides is 3. The minimum atomic E-state index is -4.31. The van der Waals surface area contributed by atoms with Crippen LogP contribution in [0.1, 0.15) is 28.6 Å². The van der Waals surface area contributed by atoms with Crippen LogP contribution in [0.25, 0.3) is 0 Å². The zero-order valence-electron chi connectivity index (χ0n) is 10.5. The fourth-order valence-corrected chi connectivity index (χ4v) is 2.38. The van der Waals surface area contributed by atoms with Crippen molar-refractivity contribution in [1.82, 2.24) is 15.3 Å². The van der Waals surface area contributed by atoms with Crippen molar-refractivity contribution in [3.63, 3.8) is 0 Å². The molecule has 1 aromatic carbocycles. The van der Waals surface area contributed by atoms with E-state index in [0.29, 0.717) is 0 Å².